The van der Waals surface area contributed by atoms with Crippen LogP contribution in [0.1, 0.15) is 44.9 Å². The second-order valence-electron chi connectivity index (χ2n) is 4.55. The van der Waals surface area contributed by atoms with Gasteiger partial charge in [-0.3, -0.25) is 0 Å². The van der Waals surface area contributed by atoms with Crippen molar-refractivity contribution in [3.8, 4) is 0 Å². The van der Waals surface area contributed by atoms with Crippen molar-refractivity contribution < 1.29 is 4.74 Å². The normalized spacial score (nSPS) is 23.1. The fraction of sp³-hybridized carbons (Fsp3) is 0.846. The van der Waals surface area contributed by atoms with Crippen molar-refractivity contribution in [1.82, 2.24) is 5.32 Å². The number of methoxy groups -OCH3 is 1. The van der Waals surface area contributed by atoms with Crippen molar-refractivity contribution in [2.75, 3.05) is 14.2 Å². The highest BCUT2D eigenvalue weighted by atomic mass is 16.5. The molecule has 1 fully saturated rings. The molecule has 0 aliphatic heterocycles. The zero-order chi connectivity index (χ0) is 11.1. The monoisotopic (exact) mass is 211 g/mol. The summed E-state index contributed by atoms with van der Waals surface area (Å²) in [4.78, 5) is 0. The molecule has 1 atom stereocenters. The van der Waals surface area contributed by atoms with Gasteiger partial charge in [0.2, 0.25) is 0 Å². The Morgan fingerprint density at radius 3 is 2.33 bits per heavy atom. The molecule has 88 valence electrons. The van der Waals surface area contributed by atoms with Crippen LogP contribution in [0.25, 0.3) is 0 Å². The molecule has 15 heavy (non-hydrogen) atoms. The summed E-state index contributed by atoms with van der Waals surface area (Å²) in [6, 6.07) is 0.415. The first kappa shape index (κ1) is 12.7. The van der Waals surface area contributed by atoms with Crippen LogP contribution in [0.5, 0.6) is 0 Å². The Hall–Kier alpha value is -0.340. The van der Waals surface area contributed by atoms with E-state index in [-0.39, 0.29) is 5.60 Å². The SMILES string of the molecule is C=CCC(NC)C1(OC)CCCCCC1. The molecule has 1 aliphatic rings. The van der Waals surface area contributed by atoms with Crippen LogP contribution in [0.3, 0.4) is 0 Å². The van der Waals surface area contributed by atoms with Gasteiger partial charge in [-0.15, -0.1) is 6.58 Å². The Balaban J connectivity index is 2.73. The van der Waals surface area contributed by atoms with Crippen molar-refractivity contribution >= 4 is 0 Å². The van der Waals surface area contributed by atoms with Gasteiger partial charge in [0.15, 0.2) is 0 Å². The lowest BCUT2D eigenvalue weighted by atomic mass is 9.84. The van der Waals surface area contributed by atoms with Crippen LogP contribution in [0, 0.1) is 0 Å². The Labute approximate surface area is 94.1 Å². The topological polar surface area (TPSA) is 21.3 Å². The molecule has 1 N–H and O–H groups in total. The van der Waals surface area contributed by atoms with Crippen LogP contribution in [0.15, 0.2) is 12.7 Å². The molecule has 2 nitrogen and oxygen atoms in total. The molecule has 0 radical (unpaired) electrons. The maximum absolute atomic E-state index is 5.85. The largest absolute Gasteiger partial charge is 0.377 e. The summed E-state index contributed by atoms with van der Waals surface area (Å²) in [6.45, 7) is 3.84. The van der Waals surface area contributed by atoms with Gasteiger partial charge in [0.05, 0.1) is 5.60 Å². The van der Waals surface area contributed by atoms with Crippen molar-refractivity contribution in [2.45, 2.75) is 56.6 Å². The zero-order valence-electron chi connectivity index (χ0n) is 10.2. The summed E-state index contributed by atoms with van der Waals surface area (Å²) in [6.07, 6.45) is 10.7. The minimum absolute atomic E-state index is 0.0411. The van der Waals surface area contributed by atoms with Crippen LogP contribution in [0.2, 0.25) is 0 Å². The number of ether oxygens (including phenoxy) is 1. The van der Waals surface area contributed by atoms with Gasteiger partial charge in [0.1, 0.15) is 0 Å². The minimum atomic E-state index is 0.0411. The number of hydrogen-bond acceptors (Lipinski definition) is 2. The second kappa shape index (κ2) is 6.29. The van der Waals surface area contributed by atoms with Gasteiger partial charge in [-0.2, -0.15) is 0 Å². The summed E-state index contributed by atoms with van der Waals surface area (Å²) in [5.41, 5.74) is 0.0411. The average Bonchev–Trinajstić information content (AvgIpc) is 2.52. The molecule has 0 saturated heterocycles. The lowest BCUT2D eigenvalue weighted by Crippen LogP contribution is -2.50. The van der Waals surface area contributed by atoms with E-state index in [2.05, 4.69) is 11.9 Å². The van der Waals surface area contributed by atoms with E-state index in [4.69, 9.17) is 4.74 Å². The van der Waals surface area contributed by atoms with Gasteiger partial charge < -0.3 is 10.1 Å². The van der Waals surface area contributed by atoms with Crippen LogP contribution >= 0.6 is 0 Å². The molecule has 0 heterocycles. The molecule has 1 aliphatic carbocycles. The first-order valence-corrected chi connectivity index (χ1v) is 6.12. The maximum atomic E-state index is 5.85. The average molecular weight is 211 g/mol. The first-order valence-electron chi connectivity index (χ1n) is 6.12. The number of rotatable bonds is 5. The van der Waals surface area contributed by atoms with Crippen molar-refractivity contribution in [2.24, 2.45) is 0 Å². The third-order valence-electron chi connectivity index (χ3n) is 3.74. The van der Waals surface area contributed by atoms with Gasteiger partial charge in [-0.1, -0.05) is 31.8 Å². The van der Waals surface area contributed by atoms with Crippen molar-refractivity contribution in [3.05, 3.63) is 12.7 Å². The third-order valence-corrected chi connectivity index (χ3v) is 3.74. The molecule has 1 rings (SSSR count). The molecule has 0 aromatic heterocycles. The van der Waals surface area contributed by atoms with Crippen LogP contribution in [-0.2, 0) is 4.74 Å². The summed E-state index contributed by atoms with van der Waals surface area (Å²) in [5, 5.41) is 3.40. The molecule has 0 bridgehead atoms. The second-order valence-corrected chi connectivity index (χ2v) is 4.55. The van der Waals surface area contributed by atoms with E-state index >= 15 is 0 Å². The molecular formula is C13H25NO. The highest BCUT2D eigenvalue weighted by molar-refractivity contribution is 4.96. The Morgan fingerprint density at radius 1 is 1.33 bits per heavy atom. The highest BCUT2D eigenvalue weighted by Crippen LogP contribution is 2.34. The minimum Gasteiger partial charge on any atom is -0.377 e. The Bertz CT molecular complexity index is 183. The van der Waals surface area contributed by atoms with E-state index in [1.165, 1.54) is 38.5 Å². The highest BCUT2D eigenvalue weighted by Gasteiger charge is 2.37. The van der Waals surface area contributed by atoms with Gasteiger partial charge >= 0.3 is 0 Å². The molecule has 0 aromatic rings. The Morgan fingerprint density at radius 2 is 1.93 bits per heavy atom. The number of nitrogens with one attached hydrogen (secondary N) is 1. The summed E-state index contributed by atoms with van der Waals surface area (Å²) in [5.74, 6) is 0. The number of hydrogen-bond donors (Lipinski definition) is 1. The van der Waals surface area contributed by atoms with Gasteiger partial charge in [0, 0.05) is 13.2 Å². The quantitative estimate of drug-likeness (QED) is 0.557. The molecular weight excluding hydrogens is 186 g/mol. The maximum Gasteiger partial charge on any atom is 0.0833 e. The lowest BCUT2D eigenvalue weighted by Gasteiger charge is -2.38. The molecule has 0 aromatic carbocycles. The van der Waals surface area contributed by atoms with E-state index < -0.39 is 0 Å². The smallest absolute Gasteiger partial charge is 0.0833 e. The van der Waals surface area contributed by atoms with E-state index in [1.54, 1.807) is 0 Å². The van der Waals surface area contributed by atoms with Crippen LogP contribution in [0.4, 0.5) is 0 Å². The molecule has 0 amide bonds. The fourth-order valence-corrected chi connectivity index (χ4v) is 2.78. The fourth-order valence-electron chi connectivity index (χ4n) is 2.78. The summed E-state index contributed by atoms with van der Waals surface area (Å²) < 4.78 is 5.85. The van der Waals surface area contributed by atoms with Crippen LogP contribution < -0.4 is 5.32 Å². The zero-order valence-corrected chi connectivity index (χ0v) is 10.2. The first-order chi connectivity index (χ1) is 7.29. The third kappa shape index (κ3) is 3.05. The standard InChI is InChI=1S/C13H25NO/c1-4-9-12(14-2)13(15-3)10-7-5-6-8-11-13/h4,12,14H,1,5-11H2,2-3H3. The lowest BCUT2D eigenvalue weighted by molar-refractivity contribution is -0.0502. The van der Waals surface area contributed by atoms with E-state index in [0.29, 0.717) is 6.04 Å². The van der Waals surface area contributed by atoms with E-state index in [9.17, 15) is 0 Å². The van der Waals surface area contributed by atoms with Crippen LogP contribution in [-0.4, -0.2) is 25.8 Å². The summed E-state index contributed by atoms with van der Waals surface area (Å²) >= 11 is 0. The summed E-state index contributed by atoms with van der Waals surface area (Å²) in [7, 11) is 3.89. The predicted octanol–water partition coefficient (Wildman–Crippen LogP) is 2.89. The predicted molar refractivity (Wildman–Crippen MR) is 65.1 cm³/mol. The number of likely N-dealkylation sites (N-methyl/N-ethyl adjacent to an activating group) is 1. The molecule has 2 heteroatoms. The Kier molecular flexibility index (Phi) is 5.34. The van der Waals surface area contributed by atoms with Gasteiger partial charge in [-0.25, -0.2) is 0 Å². The van der Waals surface area contributed by atoms with Gasteiger partial charge in [-0.05, 0) is 26.3 Å². The van der Waals surface area contributed by atoms with Gasteiger partial charge in [0.25, 0.3) is 0 Å². The van der Waals surface area contributed by atoms with E-state index in [1.807, 2.05) is 20.2 Å². The van der Waals surface area contributed by atoms with E-state index in [0.717, 1.165) is 6.42 Å². The molecule has 0 spiro atoms. The molecule has 1 unspecified atom stereocenters. The van der Waals surface area contributed by atoms with Crippen molar-refractivity contribution in [1.29, 1.82) is 0 Å². The van der Waals surface area contributed by atoms with Crippen molar-refractivity contribution in [3.63, 3.8) is 0 Å². The molecule has 1 saturated carbocycles.